The lowest BCUT2D eigenvalue weighted by Gasteiger charge is -2.39. The Morgan fingerprint density at radius 2 is 2.09 bits per heavy atom. The molecule has 1 saturated heterocycles. The summed E-state index contributed by atoms with van der Waals surface area (Å²) in [6, 6.07) is 8.93. The fourth-order valence-corrected chi connectivity index (χ4v) is 3.49. The molecule has 1 saturated carbocycles. The van der Waals surface area contributed by atoms with Crippen molar-refractivity contribution in [3.8, 4) is 11.4 Å². The Labute approximate surface area is 141 Å². The van der Waals surface area contributed by atoms with Crippen molar-refractivity contribution in [3.63, 3.8) is 0 Å². The molecule has 4 rings (SSSR count). The molecular weight excluding hydrogens is 312 g/mol. The van der Waals surface area contributed by atoms with Gasteiger partial charge in [0.05, 0.1) is 11.6 Å². The van der Waals surface area contributed by atoms with Gasteiger partial charge < -0.3 is 4.52 Å². The van der Waals surface area contributed by atoms with Gasteiger partial charge in [0.15, 0.2) is 0 Å². The van der Waals surface area contributed by atoms with E-state index in [-0.39, 0.29) is 0 Å². The summed E-state index contributed by atoms with van der Waals surface area (Å²) in [7, 11) is 0. The van der Waals surface area contributed by atoms with E-state index in [4.69, 9.17) is 16.1 Å². The fourth-order valence-electron chi connectivity index (χ4n) is 3.27. The zero-order chi connectivity index (χ0) is 15.8. The maximum Gasteiger partial charge on any atom is 0.241 e. The molecule has 0 spiro atoms. The Morgan fingerprint density at radius 3 is 2.83 bits per heavy atom. The first-order valence-corrected chi connectivity index (χ1v) is 8.64. The summed E-state index contributed by atoms with van der Waals surface area (Å²) in [6.07, 6.45) is 2.75. The molecule has 2 fully saturated rings. The molecule has 23 heavy (non-hydrogen) atoms. The Hall–Kier alpha value is -1.43. The van der Waals surface area contributed by atoms with E-state index in [0.29, 0.717) is 29.3 Å². The van der Waals surface area contributed by atoms with Gasteiger partial charge in [-0.3, -0.25) is 9.80 Å². The molecule has 2 heterocycles. The molecule has 0 N–H and O–H groups in total. The van der Waals surface area contributed by atoms with Crippen LogP contribution in [0.25, 0.3) is 11.4 Å². The molecule has 5 nitrogen and oxygen atoms in total. The first-order valence-electron chi connectivity index (χ1n) is 8.26. The van der Waals surface area contributed by atoms with Gasteiger partial charge in [-0.05, 0) is 31.9 Å². The predicted molar refractivity (Wildman–Crippen MR) is 89.2 cm³/mol. The second-order valence-corrected chi connectivity index (χ2v) is 6.94. The number of hydrogen-bond acceptors (Lipinski definition) is 5. The average molecular weight is 333 g/mol. The third kappa shape index (κ3) is 3.27. The van der Waals surface area contributed by atoms with Gasteiger partial charge >= 0.3 is 0 Å². The lowest BCUT2D eigenvalue weighted by Crippen LogP contribution is -2.51. The van der Waals surface area contributed by atoms with Gasteiger partial charge in [0.1, 0.15) is 0 Å². The van der Waals surface area contributed by atoms with Crippen molar-refractivity contribution in [1.82, 2.24) is 19.9 Å². The molecule has 2 aromatic rings. The summed E-state index contributed by atoms with van der Waals surface area (Å²) in [4.78, 5) is 9.55. The van der Waals surface area contributed by atoms with Crippen LogP contribution < -0.4 is 0 Å². The van der Waals surface area contributed by atoms with Gasteiger partial charge in [-0.1, -0.05) is 28.9 Å². The minimum atomic E-state index is 0.514. The number of benzene rings is 1. The SMILES string of the molecule is CC1CN(C2CC2)CCN1Cc1nc(-c2ccccc2Cl)no1. The summed E-state index contributed by atoms with van der Waals surface area (Å²) in [5, 5.41) is 4.73. The summed E-state index contributed by atoms with van der Waals surface area (Å²) in [5.41, 5.74) is 0.816. The van der Waals surface area contributed by atoms with Crippen LogP contribution in [0.2, 0.25) is 5.02 Å². The number of hydrogen-bond donors (Lipinski definition) is 0. The predicted octanol–water partition coefficient (Wildman–Crippen LogP) is 3.06. The van der Waals surface area contributed by atoms with E-state index < -0.39 is 0 Å². The van der Waals surface area contributed by atoms with E-state index in [2.05, 4.69) is 26.9 Å². The van der Waals surface area contributed by atoms with Crippen LogP contribution in [0.3, 0.4) is 0 Å². The van der Waals surface area contributed by atoms with Crippen LogP contribution in [0.1, 0.15) is 25.7 Å². The molecule has 1 atom stereocenters. The normalized spacial score (nSPS) is 23.3. The minimum absolute atomic E-state index is 0.514. The van der Waals surface area contributed by atoms with E-state index in [1.165, 1.54) is 12.8 Å². The lowest BCUT2D eigenvalue weighted by atomic mass is 10.2. The van der Waals surface area contributed by atoms with E-state index in [9.17, 15) is 0 Å². The van der Waals surface area contributed by atoms with Crippen LogP contribution in [0, 0.1) is 0 Å². The smallest absolute Gasteiger partial charge is 0.241 e. The number of piperazine rings is 1. The van der Waals surface area contributed by atoms with Gasteiger partial charge in [-0.15, -0.1) is 0 Å². The molecule has 0 radical (unpaired) electrons. The van der Waals surface area contributed by atoms with Crippen LogP contribution in [-0.2, 0) is 6.54 Å². The van der Waals surface area contributed by atoms with E-state index >= 15 is 0 Å². The zero-order valence-corrected chi connectivity index (χ0v) is 14.0. The van der Waals surface area contributed by atoms with Gasteiger partial charge in [-0.2, -0.15) is 4.98 Å². The number of aromatic nitrogens is 2. The van der Waals surface area contributed by atoms with Crippen molar-refractivity contribution in [1.29, 1.82) is 0 Å². The third-order valence-corrected chi connectivity index (χ3v) is 5.11. The van der Waals surface area contributed by atoms with E-state index in [0.717, 1.165) is 31.2 Å². The first-order chi connectivity index (χ1) is 11.2. The second-order valence-electron chi connectivity index (χ2n) is 6.54. The molecule has 1 aromatic carbocycles. The van der Waals surface area contributed by atoms with E-state index in [1.54, 1.807) is 0 Å². The Morgan fingerprint density at radius 1 is 1.26 bits per heavy atom. The van der Waals surface area contributed by atoms with Gasteiger partial charge in [0.25, 0.3) is 0 Å². The molecule has 1 unspecified atom stereocenters. The summed E-state index contributed by atoms with van der Waals surface area (Å²) in [6.45, 7) is 6.31. The van der Waals surface area contributed by atoms with Crippen molar-refractivity contribution in [2.45, 2.75) is 38.4 Å². The molecular formula is C17H21ClN4O. The standard InChI is InChI=1S/C17H21ClN4O/c1-12-10-22(13-6-7-13)9-8-21(12)11-16-19-17(20-23-16)14-4-2-3-5-15(14)18/h2-5,12-13H,6-11H2,1H3. The topological polar surface area (TPSA) is 45.4 Å². The van der Waals surface area contributed by atoms with Crippen molar-refractivity contribution >= 4 is 11.6 Å². The second kappa shape index (κ2) is 6.23. The van der Waals surface area contributed by atoms with Crippen molar-refractivity contribution in [2.75, 3.05) is 19.6 Å². The highest BCUT2D eigenvalue weighted by molar-refractivity contribution is 6.33. The maximum absolute atomic E-state index is 6.20. The highest BCUT2D eigenvalue weighted by Crippen LogP contribution is 2.29. The molecule has 2 aliphatic rings. The molecule has 0 amide bonds. The molecule has 1 aliphatic carbocycles. The molecule has 122 valence electrons. The first kappa shape index (κ1) is 15.1. The Balaban J connectivity index is 1.43. The van der Waals surface area contributed by atoms with Crippen LogP contribution in [-0.4, -0.2) is 51.7 Å². The minimum Gasteiger partial charge on any atom is -0.338 e. The van der Waals surface area contributed by atoms with Crippen LogP contribution in [0.15, 0.2) is 28.8 Å². The summed E-state index contributed by atoms with van der Waals surface area (Å²) >= 11 is 6.20. The molecule has 1 aromatic heterocycles. The number of nitrogens with zero attached hydrogens (tertiary/aromatic N) is 4. The Bertz CT molecular complexity index is 685. The van der Waals surface area contributed by atoms with Crippen molar-refractivity contribution in [2.24, 2.45) is 0 Å². The summed E-state index contributed by atoms with van der Waals surface area (Å²) in [5.74, 6) is 1.22. The summed E-state index contributed by atoms with van der Waals surface area (Å²) < 4.78 is 5.44. The van der Waals surface area contributed by atoms with E-state index in [1.807, 2.05) is 24.3 Å². The molecule has 6 heteroatoms. The van der Waals surface area contributed by atoms with Crippen LogP contribution in [0.5, 0.6) is 0 Å². The molecule has 0 bridgehead atoms. The monoisotopic (exact) mass is 332 g/mol. The highest BCUT2D eigenvalue weighted by atomic mass is 35.5. The largest absolute Gasteiger partial charge is 0.338 e. The third-order valence-electron chi connectivity index (χ3n) is 4.78. The number of rotatable bonds is 4. The Kier molecular flexibility index (Phi) is 4.09. The van der Waals surface area contributed by atoms with Gasteiger partial charge in [-0.25, -0.2) is 0 Å². The van der Waals surface area contributed by atoms with Gasteiger partial charge in [0.2, 0.25) is 11.7 Å². The quantitative estimate of drug-likeness (QED) is 0.861. The van der Waals surface area contributed by atoms with Crippen LogP contribution >= 0.6 is 11.6 Å². The molecule has 1 aliphatic heterocycles. The highest BCUT2D eigenvalue weighted by Gasteiger charge is 2.34. The van der Waals surface area contributed by atoms with Crippen molar-refractivity contribution in [3.05, 3.63) is 35.2 Å². The zero-order valence-electron chi connectivity index (χ0n) is 13.3. The maximum atomic E-state index is 6.20. The fraction of sp³-hybridized carbons (Fsp3) is 0.529. The number of halogens is 1. The average Bonchev–Trinajstić information content (AvgIpc) is 3.30. The van der Waals surface area contributed by atoms with Crippen molar-refractivity contribution < 1.29 is 4.52 Å². The van der Waals surface area contributed by atoms with Crippen LogP contribution in [0.4, 0.5) is 0 Å². The lowest BCUT2D eigenvalue weighted by molar-refractivity contribution is 0.0649. The van der Waals surface area contributed by atoms with Gasteiger partial charge in [0, 0.05) is 37.3 Å².